The highest BCUT2D eigenvalue weighted by Crippen LogP contribution is 2.39. The van der Waals surface area contributed by atoms with Crippen LogP contribution in [0, 0.1) is 0 Å². The van der Waals surface area contributed by atoms with E-state index in [2.05, 4.69) is 79.7 Å². The average molecular weight is 527 g/mol. The molecule has 0 atom stereocenters. The predicted molar refractivity (Wildman–Crippen MR) is 157 cm³/mol. The number of anilines is 5. The van der Waals surface area contributed by atoms with Gasteiger partial charge < -0.3 is 10.2 Å². The Morgan fingerprint density at radius 1 is 0.949 bits per heavy atom. The molecule has 39 heavy (non-hydrogen) atoms. The van der Waals surface area contributed by atoms with Crippen LogP contribution in [0.2, 0.25) is 0 Å². The van der Waals surface area contributed by atoms with Crippen molar-refractivity contribution in [3.05, 3.63) is 66.4 Å². The Morgan fingerprint density at radius 2 is 1.67 bits per heavy atom. The Labute approximate surface area is 231 Å². The molecule has 1 N–H and O–H groups in total. The zero-order valence-electron chi connectivity index (χ0n) is 23.0. The normalized spacial score (nSPS) is 18.6. The molecule has 9 heteroatoms. The van der Waals surface area contributed by atoms with E-state index >= 15 is 0 Å². The van der Waals surface area contributed by atoms with Gasteiger partial charge in [-0.1, -0.05) is 43.2 Å². The third-order valence-corrected chi connectivity index (χ3v) is 8.18. The minimum atomic E-state index is -0.0299. The van der Waals surface area contributed by atoms with Gasteiger partial charge in [0.05, 0.1) is 12.2 Å². The van der Waals surface area contributed by atoms with Crippen molar-refractivity contribution in [1.29, 1.82) is 0 Å². The Morgan fingerprint density at radius 3 is 2.36 bits per heavy atom. The number of hydrogen-bond acceptors (Lipinski definition) is 7. The molecule has 2 amide bonds. The summed E-state index contributed by atoms with van der Waals surface area (Å²) in [6.07, 6.45) is 6.27. The minimum absolute atomic E-state index is 0.0299. The van der Waals surface area contributed by atoms with E-state index in [-0.39, 0.29) is 12.1 Å². The van der Waals surface area contributed by atoms with Crippen molar-refractivity contribution in [3.8, 4) is 0 Å². The van der Waals surface area contributed by atoms with E-state index in [1.807, 2.05) is 11.9 Å². The largest absolute Gasteiger partial charge is 0.369 e. The van der Waals surface area contributed by atoms with Gasteiger partial charge in [-0.2, -0.15) is 4.98 Å². The summed E-state index contributed by atoms with van der Waals surface area (Å²) in [5.41, 5.74) is 4.31. The molecular formula is C30H38N8O. The average Bonchev–Trinajstić information content (AvgIpc) is 3.51. The number of urea groups is 1. The van der Waals surface area contributed by atoms with Gasteiger partial charge in [-0.25, -0.2) is 14.8 Å². The summed E-state index contributed by atoms with van der Waals surface area (Å²) in [4.78, 5) is 29.2. The highest BCUT2D eigenvalue weighted by Gasteiger charge is 2.39. The van der Waals surface area contributed by atoms with Gasteiger partial charge >= 0.3 is 6.03 Å². The quantitative estimate of drug-likeness (QED) is 0.459. The van der Waals surface area contributed by atoms with Gasteiger partial charge in [0, 0.05) is 57.7 Å². The number of fused-ring (bicyclic) bond motifs is 1. The van der Waals surface area contributed by atoms with Crippen molar-refractivity contribution in [2.24, 2.45) is 0 Å². The van der Waals surface area contributed by atoms with E-state index in [4.69, 9.17) is 4.98 Å². The van der Waals surface area contributed by atoms with Crippen LogP contribution in [-0.4, -0.2) is 71.7 Å². The summed E-state index contributed by atoms with van der Waals surface area (Å²) < 4.78 is 0. The molecular weight excluding hydrogens is 488 g/mol. The van der Waals surface area contributed by atoms with E-state index in [9.17, 15) is 4.79 Å². The lowest BCUT2D eigenvalue weighted by Gasteiger charge is -2.45. The molecule has 2 aliphatic heterocycles. The molecule has 2 aromatic carbocycles. The van der Waals surface area contributed by atoms with Gasteiger partial charge in [-0.15, -0.1) is 0 Å². The fourth-order valence-corrected chi connectivity index (χ4v) is 6.01. The number of carbonyl (C=O) groups excluding carboxylic acids is 1. The number of nitrogens with one attached hydrogen (secondary N) is 1. The minimum Gasteiger partial charge on any atom is -0.369 e. The Bertz CT molecular complexity index is 1270. The molecule has 9 nitrogen and oxygen atoms in total. The standard InChI is InChI=1S/C30H38N8O/c1-3-37-30(39)34(2)27-21-31-29(33-28(27)38(37)26-11-7-8-12-26)32-24-13-15-25(16-14-24)36-19-17-35(18-20-36)22-23-9-5-4-6-10-23/h4-6,9-10,13-16,21,26H,3,7-8,11-12,17-20,22H2,1-2H3,(H,31,32,33). The van der Waals surface area contributed by atoms with Crippen LogP contribution in [0.15, 0.2) is 60.8 Å². The lowest BCUT2D eigenvalue weighted by atomic mass is 10.2. The lowest BCUT2D eigenvalue weighted by molar-refractivity contribution is 0.191. The zero-order chi connectivity index (χ0) is 26.8. The molecule has 3 heterocycles. The Kier molecular flexibility index (Phi) is 7.24. The monoisotopic (exact) mass is 526 g/mol. The Hall–Kier alpha value is -3.85. The highest BCUT2D eigenvalue weighted by atomic mass is 16.2. The van der Waals surface area contributed by atoms with E-state index in [0.29, 0.717) is 12.5 Å². The first kappa shape index (κ1) is 25.4. The van der Waals surface area contributed by atoms with Crippen LogP contribution in [-0.2, 0) is 6.54 Å². The second-order valence-corrected chi connectivity index (χ2v) is 10.7. The number of hydrogen-bond donors (Lipinski definition) is 1. The number of hydrazine groups is 1. The van der Waals surface area contributed by atoms with Gasteiger partial charge in [0.25, 0.3) is 0 Å². The summed E-state index contributed by atoms with van der Waals surface area (Å²) >= 11 is 0. The first-order chi connectivity index (χ1) is 19.1. The third-order valence-electron chi connectivity index (χ3n) is 8.18. The van der Waals surface area contributed by atoms with Gasteiger partial charge in [-0.3, -0.25) is 14.8 Å². The van der Waals surface area contributed by atoms with Crippen LogP contribution < -0.4 is 20.1 Å². The van der Waals surface area contributed by atoms with Crippen LogP contribution >= 0.6 is 0 Å². The zero-order valence-corrected chi connectivity index (χ0v) is 23.0. The first-order valence-corrected chi connectivity index (χ1v) is 14.2. The summed E-state index contributed by atoms with van der Waals surface area (Å²) in [6.45, 7) is 7.78. The van der Waals surface area contributed by atoms with Crippen molar-refractivity contribution in [1.82, 2.24) is 19.9 Å². The molecule has 3 aromatic rings. The van der Waals surface area contributed by atoms with Crippen LogP contribution in [0.5, 0.6) is 0 Å². The van der Waals surface area contributed by atoms with Crippen LogP contribution in [0.3, 0.4) is 0 Å². The summed E-state index contributed by atoms with van der Waals surface area (Å²) in [6, 6.07) is 19.5. The maximum atomic E-state index is 13.1. The van der Waals surface area contributed by atoms with Gasteiger partial charge in [0.2, 0.25) is 5.95 Å². The van der Waals surface area contributed by atoms with Crippen molar-refractivity contribution in [3.63, 3.8) is 0 Å². The van der Waals surface area contributed by atoms with Gasteiger partial charge in [0.1, 0.15) is 5.69 Å². The molecule has 6 rings (SSSR count). The number of aromatic nitrogens is 2. The van der Waals surface area contributed by atoms with E-state index in [1.165, 1.54) is 24.1 Å². The highest BCUT2D eigenvalue weighted by molar-refractivity contribution is 5.98. The summed E-state index contributed by atoms with van der Waals surface area (Å²) in [7, 11) is 1.80. The molecule has 1 saturated carbocycles. The SMILES string of the molecule is CCN1C(=O)N(C)c2cnc(Nc3ccc(N4CCN(Cc5ccccc5)CC4)cc3)nc2N1C1CCCC1. The van der Waals surface area contributed by atoms with Crippen molar-refractivity contribution >= 4 is 34.9 Å². The van der Waals surface area contributed by atoms with Gasteiger partial charge in [0.15, 0.2) is 5.82 Å². The van der Waals surface area contributed by atoms with Gasteiger partial charge in [-0.05, 0) is 49.6 Å². The smallest absolute Gasteiger partial charge is 0.343 e. The summed E-state index contributed by atoms with van der Waals surface area (Å²) in [5, 5.41) is 7.34. The molecule has 204 valence electrons. The topological polar surface area (TPSA) is 71.1 Å². The molecule has 0 radical (unpaired) electrons. The van der Waals surface area contributed by atoms with E-state index in [1.54, 1.807) is 18.1 Å². The fourth-order valence-electron chi connectivity index (χ4n) is 6.01. The fraction of sp³-hybridized carbons (Fsp3) is 0.433. The maximum Gasteiger partial charge on any atom is 0.343 e. The first-order valence-electron chi connectivity index (χ1n) is 14.2. The van der Waals surface area contributed by atoms with Crippen molar-refractivity contribution in [2.75, 3.05) is 59.9 Å². The molecule has 1 saturated heterocycles. The second kappa shape index (κ2) is 11.1. The van der Waals surface area contributed by atoms with Crippen molar-refractivity contribution < 1.29 is 4.79 Å². The molecule has 0 bridgehead atoms. The van der Waals surface area contributed by atoms with E-state index in [0.717, 1.165) is 62.8 Å². The lowest BCUT2D eigenvalue weighted by Crippen LogP contribution is -2.59. The van der Waals surface area contributed by atoms with Crippen LogP contribution in [0.1, 0.15) is 38.2 Å². The Balaban J connectivity index is 1.13. The molecule has 1 aliphatic carbocycles. The molecule has 3 aliphatic rings. The predicted octanol–water partition coefficient (Wildman–Crippen LogP) is 5.10. The third kappa shape index (κ3) is 5.23. The molecule has 1 aromatic heterocycles. The van der Waals surface area contributed by atoms with E-state index < -0.39 is 0 Å². The maximum absolute atomic E-state index is 13.1. The van der Waals surface area contributed by atoms with Crippen LogP contribution in [0.25, 0.3) is 0 Å². The van der Waals surface area contributed by atoms with Crippen molar-refractivity contribution in [2.45, 2.75) is 45.2 Å². The number of rotatable bonds is 7. The second-order valence-electron chi connectivity index (χ2n) is 10.7. The number of nitrogens with zero attached hydrogens (tertiary/aromatic N) is 7. The molecule has 0 spiro atoms. The summed E-state index contributed by atoms with van der Waals surface area (Å²) in [5.74, 6) is 1.34. The molecule has 0 unspecified atom stereocenters. The number of piperazine rings is 1. The van der Waals surface area contributed by atoms with Crippen LogP contribution in [0.4, 0.5) is 33.6 Å². The number of carbonyl (C=O) groups is 1. The molecule has 2 fully saturated rings. The number of benzene rings is 2. The number of amides is 2.